The van der Waals surface area contributed by atoms with E-state index in [1.54, 1.807) is 19.2 Å². The fraction of sp³-hybridized carbons (Fsp3) is 0.226. The van der Waals surface area contributed by atoms with E-state index < -0.39 is 0 Å². The van der Waals surface area contributed by atoms with Crippen LogP contribution in [0.25, 0.3) is 0 Å². The fourth-order valence-corrected chi connectivity index (χ4v) is 4.32. The average molecular weight is 497 g/mol. The molecule has 37 heavy (non-hydrogen) atoms. The molecule has 4 rings (SSSR count). The third kappa shape index (κ3) is 7.92. The lowest BCUT2D eigenvalue weighted by Gasteiger charge is -2.23. The number of nitro groups is 1. The molecule has 0 amide bonds. The molecule has 0 spiro atoms. The number of rotatable bonds is 13. The molecule has 4 aromatic rings. The quantitative estimate of drug-likeness (QED) is 0.150. The molecule has 0 bridgehead atoms. The maximum Gasteiger partial charge on any atom is 0.269 e. The summed E-state index contributed by atoms with van der Waals surface area (Å²) in [7, 11) is 1.65. The van der Waals surface area contributed by atoms with Gasteiger partial charge in [-0.1, -0.05) is 78.9 Å². The average Bonchev–Trinajstić information content (AvgIpc) is 2.93. The van der Waals surface area contributed by atoms with Crippen LogP contribution in [0.1, 0.15) is 28.7 Å². The Bertz CT molecular complexity index is 1280. The first-order chi connectivity index (χ1) is 18.1. The fourth-order valence-electron chi connectivity index (χ4n) is 4.32. The molecule has 0 aliphatic heterocycles. The number of nitro benzene ring substituents is 1. The Labute approximate surface area is 218 Å². The van der Waals surface area contributed by atoms with Gasteiger partial charge in [-0.15, -0.1) is 0 Å². The highest BCUT2D eigenvalue weighted by molar-refractivity contribution is 5.43. The van der Waals surface area contributed by atoms with Crippen LogP contribution in [0.15, 0.2) is 103 Å². The first kappa shape index (κ1) is 25.9. The first-order valence-corrected chi connectivity index (χ1v) is 12.4. The summed E-state index contributed by atoms with van der Waals surface area (Å²) in [4.78, 5) is 13.2. The topological polar surface area (TPSA) is 64.8 Å². The van der Waals surface area contributed by atoms with Crippen molar-refractivity contribution >= 4 is 5.69 Å². The zero-order chi connectivity index (χ0) is 25.9. The number of methoxy groups -OCH3 is 1. The van der Waals surface area contributed by atoms with E-state index in [9.17, 15) is 10.1 Å². The lowest BCUT2D eigenvalue weighted by Crippen LogP contribution is -2.24. The van der Waals surface area contributed by atoms with E-state index in [1.165, 1.54) is 11.6 Å². The second-order valence-electron chi connectivity index (χ2n) is 8.99. The van der Waals surface area contributed by atoms with Crippen LogP contribution in [0.4, 0.5) is 5.69 Å². The van der Waals surface area contributed by atoms with Gasteiger partial charge < -0.3 is 9.47 Å². The number of aryl methyl sites for hydroxylation is 1. The van der Waals surface area contributed by atoms with Gasteiger partial charge in [0.2, 0.25) is 0 Å². The smallest absolute Gasteiger partial charge is 0.269 e. The molecular formula is C31H32N2O4. The largest absolute Gasteiger partial charge is 0.493 e. The number of benzene rings is 4. The molecule has 0 heterocycles. The summed E-state index contributed by atoms with van der Waals surface area (Å²) in [6, 6.07) is 33.4. The van der Waals surface area contributed by atoms with Crippen molar-refractivity contribution in [3.8, 4) is 11.5 Å². The Balaban J connectivity index is 1.46. The second-order valence-corrected chi connectivity index (χ2v) is 8.99. The van der Waals surface area contributed by atoms with Gasteiger partial charge in [0.15, 0.2) is 11.5 Å². The maximum atomic E-state index is 11.3. The Morgan fingerprint density at radius 3 is 2.05 bits per heavy atom. The van der Waals surface area contributed by atoms with Crippen LogP contribution in [0, 0.1) is 10.1 Å². The highest BCUT2D eigenvalue weighted by atomic mass is 16.6. The molecule has 0 saturated carbocycles. The summed E-state index contributed by atoms with van der Waals surface area (Å²) < 4.78 is 11.7. The maximum absolute atomic E-state index is 11.3. The van der Waals surface area contributed by atoms with Gasteiger partial charge in [0.05, 0.1) is 12.0 Å². The lowest BCUT2D eigenvalue weighted by molar-refractivity contribution is -0.384. The van der Waals surface area contributed by atoms with E-state index in [1.807, 2.05) is 54.6 Å². The predicted octanol–water partition coefficient (Wildman–Crippen LogP) is 6.82. The van der Waals surface area contributed by atoms with Crippen LogP contribution in [0.5, 0.6) is 11.5 Å². The van der Waals surface area contributed by atoms with Gasteiger partial charge in [-0.25, -0.2) is 0 Å². The van der Waals surface area contributed by atoms with Crippen LogP contribution < -0.4 is 9.47 Å². The minimum atomic E-state index is -0.345. The van der Waals surface area contributed by atoms with E-state index in [4.69, 9.17) is 9.47 Å². The normalized spacial score (nSPS) is 10.9. The van der Waals surface area contributed by atoms with Crippen LogP contribution in [0.3, 0.4) is 0 Å². The summed E-state index contributed by atoms with van der Waals surface area (Å²) in [6.45, 7) is 2.62. The number of non-ortho nitro benzene ring substituents is 1. The highest BCUT2D eigenvalue weighted by Crippen LogP contribution is 2.30. The van der Waals surface area contributed by atoms with Crippen LogP contribution in [-0.4, -0.2) is 23.5 Å². The molecule has 4 aromatic carbocycles. The van der Waals surface area contributed by atoms with E-state index in [0.29, 0.717) is 31.2 Å². The standard InChI is InChI=1S/C31H32N2O4/c1-36-31-21-28(17-18-30(31)37-24-26-12-6-3-7-13-26)23-32(19-9-15-25-10-4-2-5-11-25)22-27-14-8-16-29(20-27)33(34)35/h2-8,10-14,16-18,20-21H,9,15,19,22-24H2,1H3. The molecule has 0 saturated heterocycles. The number of hydrogen-bond acceptors (Lipinski definition) is 5. The van der Waals surface area contributed by atoms with Crippen molar-refractivity contribution in [2.75, 3.05) is 13.7 Å². The number of ether oxygens (including phenoxy) is 2. The van der Waals surface area contributed by atoms with Crippen molar-refractivity contribution in [2.24, 2.45) is 0 Å². The van der Waals surface area contributed by atoms with Crippen LogP contribution >= 0.6 is 0 Å². The number of hydrogen-bond donors (Lipinski definition) is 0. The summed E-state index contributed by atoms with van der Waals surface area (Å²) in [6.07, 6.45) is 1.95. The van der Waals surface area contributed by atoms with Gasteiger partial charge in [0, 0.05) is 25.2 Å². The minimum absolute atomic E-state index is 0.114. The summed E-state index contributed by atoms with van der Waals surface area (Å²) in [5.41, 5.74) is 4.52. The molecule has 0 aliphatic rings. The van der Waals surface area contributed by atoms with Crippen molar-refractivity contribution in [3.63, 3.8) is 0 Å². The van der Waals surface area contributed by atoms with Crippen molar-refractivity contribution in [1.82, 2.24) is 4.90 Å². The predicted molar refractivity (Wildman–Crippen MR) is 146 cm³/mol. The van der Waals surface area contributed by atoms with E-state index in [0.717, 1.165) is 36.1 Å². The van der Waals surface area contributed by atoms with Crippen LogP contribution in [-0.2, 0) is 26.1 Å². The Morgan fingerprint density at radius 2 is 1.38 bits per heavy atom. The van der Waals surface area contributed by atoms with Gasteiger partial charge in [-0.05, 0) is 53.8 Å². The van der Waals surface area contributed by atoms with Gasteiger partial charge >= 0.3 is 0 Å². The van der Waals surface area contributed by atoms with Crippen molar-refractivity contribution < 1.29 is 14.4 Å². The Kier molecular flexibility index (Phi) is 9.27. The molecule has 6 heteroatoms. The molecule has 0 atom stereocenters. The Hall–Kier alpha value is -4.16. The summed E-state index contributed by atoms with van der Waals surface area (Å²) >= 11 is 0. The van der Waals surface area contributed by atoms with E-state index in [2.05, 4.69) is 35.2 Å². The van der Waals surface area contributed by atoms with Gasteiger partial charge in [-0.3, -0.25) is 15.0 Å². The SMILES string of the molecule is COc1cc(CN(CCCc2ccccc2)Cc2cccc([N+](=O)[O-])c2)ccc1OCc1ccccc1. The molecule has 0 N–H and O–H groups in total. The van der Waals surface area contributed by atoms with Gasteiger partial charge in [-0.2, -0.15) is 0 Å². The molecular weight excluding hydrogens is 464 g/mol. The van der Waals surface area contributed by atoms with Gasteiger partial charge in [0.25, 0.3) is 5.69 Å². The second kappa shape index (κ2) is 13.2. The molecule has 6 nitrogen and oxygen atoms in total. The van der Waals surface area contributed by atoms with Crippen molar-refractivity contribution in [1.29, 1.82) is 0 Å². The van der Waals surface area contributed by atoms with Crippen molar-refractivity contribution in [2.45, 2.75) is 32.5 Å². The highest BCUT2D eigenvalue weighted by Gasteiger charge is 2.13. The molecule has 0 unspecified atom stereocenters. The lowest BCUT2D eigenvalue weighted by atomic mass is 10.1. The Morgan fingerprint density at radius 1 is 0.730 bits per heavy atom. The third-order valence-corrected chi connectivity index (χ3v) is 6.18. The molecule has 0 aromatic heterocycles. The van der Waals surface area contributed by atoms with Crippen LogP contribution in [0.2, 0.25) is 0 Å². The van der Waals surface area contributed by atoms with E-state index in [-0.39, 0.29) is 10.6 Å². The van der Waals surface area contributed by atoms with Crippen molar-refractivity contribution in [3.05, 3.63) is 135 Å². The minimum Gasteiger partial charge on any atom is -0.493 e. The zero-order valence-electron chi connectivity index (χ0n) is 21.1. The molecule has 0 fully saturated rings. The number of nitrogens with zero attached hydrogens (tertiary/aromatic N) is 2. The monoisotopic (exact) mass is 496 g/mol. The first-order valence-electron chi connectivity index (χ1n) is 12.4. The summed E-state index contributed by atoms with van der Waals surface area (Å²) in [5, 5.41) is 11.3. The van der Waals surface area contributed by atoms with Gasteiger partial charge in [0.1, 0.15) is 6.61 Å². The molecule has 0 aliphatic carbocycles. The van der Waals surface area contributed by atoms with E-state index >= 15 is 0 Å². The zero-order valence-corrected chi connectivity index (χ0v) is 21.1. The summed E-state index contributed by atoms with van der Waals surface area (Å²) in [5.74, 6) is 1.39. The third-order valence-electron chi connectivity index (χ3n) is 6.18. The molecule has 190 valence electrons. The molecule has 0 radical (unpaired) electrons.